The van der Waals surface area contributed by atoms with Crippen molar-refractivity contribution < 1.29 is 28.6 Å². The van der Waals surface area contributed by atoms with E-state index in [1.165, 1.54) is 33.4 Å². The van der Waals surface area contributed by atoms with Gasteiger partial charge in [-0.15, -0.1) is 0 Å². The average Bonchev–Trinajstić information content (AvgIpc) is 3.68. The summed E-state index contributed by atoms with van der Waals surface area (Å²) < 4.78 is 17.4. The second kappa shape index (κ2) is 18.3. The van der Waals surface area contributed by atoms with Gasteiger partial charge in [-0.2, -0.15) is 0 Å². The van der Waals surface area contributed by atoms with Crippen LogP contribution in [0.15, 0.2) is 97.1 Å². The highest BCUT2D eigenvalue weighted by Crippen LogP contribution is 2.45. The van der Waals surface area contributed by atoms with E-state index in [9.17, 15) is 14.4 Å². The number of ether oxygens (including phenoxy) is 3. The van der Waals surface area contributed by atoms with Crippen LogP contribution in [0, 0.1) is 0 Å². The van der Waals surface area contributed by atoms with E-state index in [0.29, 0.717) is 65.0 Å². The van der Waals surface area contributed by atoms with Gasteiger partial charge in [0.05, 0.1) is 0 Å². The Labute approximate surface area is 324 Å². The van der Waals surface area contributed by atoms with Gasteiger partial charge in [0.2, 0.25) is 0 Å². The molecule has 0 saturated heterocycles. The van der Waals surface area contributed by atoms with Gasteiger partial charge in [0, 0.05) is 44.6 Å². The molecule has 0 radical (unpaired) electrons. The molecule has 2 aliphatic carbocycles. The summed E-state index contributed by atoms with van der Waals surface area (Å²) in [7, 11) is 0. The van der Waals surface area contributed by atoms with Crippen LogP contribution in [0.5, 0.6) is 0 Å². The number of hydrogen-bond donors (Lipinski definition) is 2. The van der Waals surface area contributed by atoms with Crippen molar-refractivity contribution in [2.75, 3.05) is 52.5 Å². The van der Waals surface area contributed by atoms with Crippen molar-refractivity contribution in [2.24, 2.45) is 5.73 Å². The maximum atomic E-state index is 13.7. The van der Waals surface area contributed by atoms with Crippen LogP contribution >= 0.6 is 0 Å². The average molecular weight is 747 g/mol. The van der Waals surface area contributed by atoms with Gasteiger partial charge in [0.25, 0.3) is 0 Å². The number of nitrogens with one attached hydrogen (secondary N) is 1. The van der Waals surface area contributed by atoms with E-state index in [1.807, 2.05) is 69.3 Å². The van der Waals surface area contributed by atoms with E-state index in [1.54, 1.807) is 9.80 Å². The first-order valence-electron chi connectivity index (χ1n) is 19.5. The lowest BCUT2D eigenvalue weighted by atomic mass is 9.98. The zero-order valence-electron chi connectivity index (χ0n) is 32.3. The molecule has 3 N–H and O–H groups in total. The molecule has 290 valence electrons. The normalized spacial score (nSPS) is 12.9. The number of nitrogens with zero attached hydrogens (tertiary/aromatic N) is 2. The summed E-state index contributed by atoms with van der Waals surface area (Å²) in [6.07, 6.45) is 1.20. The lowest BCUT2D eigenvalue weighted by Gasteiger charge is -2.26. The van der Waals surface area contributed by atoms with E-state index in [0.717, 1.165) is 11.1 Å². The Morgan fingerprint density at radius 3 is 1.33 bits per heavy atom. The number of carbonyl (C=O) groups is 3. The van der Waals surface area contributed by atoms with Gasteiger partial charge in [-0.3, -0.25) is 0 Å². The summed E-state index contributed by atoms with van der Waals surface area (Å²) in [6, 6.07) is 33.1. The Hall–Kier alpha value is -5.35. The van der Waals surface area contributed by atoms with Crippen LogP contribution in [-0.4, -0.2) is 86.2 Å². The number of nitrogens with two attached hydrogens (primary N) is 1. The molecule has 4 aromatic carbocycles. The predicted molar refractivity (Wildman–Crippen MR) is 215 cm³/mol. The number of rotatable bonds is 16. The van der Waals surface area contributed by atoms with Crippen molar-refractivity contribution >= 4 is 18.3 Å². The molecule has 0 heterocycles. The first-order chi connectivity index (χ1) is 26.6. The van der Waals surface area contributed by atoms with Gasteiger partial charge in [-0.1, -0.05) is 97.1 Å². The second-order valence-electron chi connectivity index (χ2n) is 15.2. The minimum atomic E-state index is -0.602. The molecule has 4 aromatic rings. The van der Waals surface area contributed by atoms with Gasteiger partial charge in [0.15, 0.2) is 0 Å². The van der Waals surface area contributed by atoms with E-state index < -0.39 is 17.8 Å². The highest BCUT2D eigenvalue weighted by molar-refractivity contribution is 5.80. The molecule has 0 aliphatic heterocycles. The number of fused-ring (bicyclic) bond motifs is 6. The Kier molecular flexibility index (Phi) is 13.1. The molecule has 6 rings (SSSR count). The lowest BCUT2D eigenvalue weighted by Crippen LogP contribution is -2.38. The van der Waals surface area contributed by atoms with Crippen LogP contribution in [0.3, 0.4) is 0 Å². The minimum Gasteiger partial charge on any atom is -0.448 e. The van der Waals surface area contributed by atoms with Crippen LogP contribution in [-0.2, 0) is 14.2 Å². The Bertz CT molecular complexity index is 1850. The molecule has 0 fully saturated rings. The van der Waals surface area contributed by atoms with E-state index in [-0.39, 0.29) is 31.1 Å². The third-order valence-corrected chi connectivity index (χ3v) is 10.2. The van der Waals surface area contributed by atoms with Gasteiger partial charge < -0.3 is 35.1 Å². The number of hydrogen-bond acceptors (Lipinski definition) is 7. The molecule has 10 heteroatoms. The van der Waals surface area contributed by atoms with Gasteiger partial charge in [-0.05, 0) is 97.5 Å². The molecule has 0 spiro atoms. The summed E-state index contributed by atoms with van der Waals surface area (Å²) in [5, 5.41) is 2.78. The molecule has 2 aliphatic rings. The van der Waals surface area contributed by atoms with E-state index >= 15 is 0 Å². The van der Waals surface area contributed by atoms with Crippen molar-refractivity contribution in [1.29, 1.82) is 0 Å². The Balaban J connectivity index is 1.05. The molecule has 3 amide bonds. The predicted octanol–water partition coefficient (Wildman–Crippen LogP) is 8.53. The lowest BCUT2D eigenvalue weighted by molar-refractivity contribution is 0.0525. The van der Waals surface area contributed by atoms with E-state index in [4.69, 9.17) is 19.9 Å². The summed E-state index contributed by atoms with van der Waals surface area (Å²) in [5.74, 6) is -0.0800. The standard InChI is InChI=1S/C45H54N4O6/c1-45(2,3)55-42(50)47-25-15-29-49(44(52)54-31-41-38-22-10-6-18-34(38)35-19-7-11-23-39(35)41)27-13-12-26-48(28-14-24-46)43(51)53-30-40-36-20-8-4-16-32(36)33-17-5-9-21-37(33)40/h4-11,16-23,40-41H,12-15,24-31,46H2,1-3H3,(H,47,50). The molecule has 10 nitrogen and oxygen atoms in total. The number of carbonyl (C=O) groups excluding carboxylic acids is 3. The molecule has 0 saturated carbocycles. The zero-order valence-corrected chi connectivity index (χ0v) is 32.3. The topological polar surface area (TPSA) is 123 Å². The highest BCUT2D eigenvalue weighted by atomic mass is 16.6. The molecule has 0 aromatic heterocycles. The summed E-state index contributed by atoms with van der Waals surface area (Å²) >= 11 is 0. The van der Waals surface area contributed by atoms with Crippen LogP contribution in [0.1, 0.15) is 80.5 Å². The van der Waals surface area contributed by atoms with Crippen molar-refractivity contribution in [2.45, 2.75) is 63.9 Å². The van der Waals surface area contributed by atoms with Gasteiger partial charge in [-0.25, -0.2) is 14.4 Å². The third-order valence-electron chi connectivity index (χ3n) is 10.2. The third kappa shape index (κ3) is 9.85. The van der Waals surface area contributed by atoms with Gasteiger partial charge in [0.1, 0.15) is 18.8 Å². The number of unbranched alkanes of at least 4 members (excludes halogenated alkanes) is 1. The zero-order chi connectivity index (χ0) is 38.8. The summed E-state index contributed by atoms with van der Waals surface area (Å²) in [4.78, 5) is 42.9. The fourth-order valence-corrected chi connectivity index (χ4v) is 7.62. The Morgan fingerprint density at radius 2 is 0.945 bits per heavy atom. The molecular weight excluding hydrogens is 693 g/mol. The number of alkyl carbamates (subject to hydrolysis) is 1. The largest absolute Gasteiger partial charge is 0.448 e. The first kappa shape index (κ1) is 39.3. The minimum absolute atomic E-state index is 0.0247. The number of amides is 3. The molecule has 55 heavy (non-hydrogen) atoms. The van der Waals surface area contributed by atoms with Crippen molar-refractivity contribution in [1.82, 2.24) is 15.1 Å². The monoisotopic (exact) mass is 746 g/mol. The van der Waals surface area contributed by atoms with Crippen LogP contribution in [0.4, 0.5) is 14.4 Å². The van der Waals surface area contributed by atoms with Crippen LogP contribution < -0.4 is 11.1 Å². The highest BCUT2D eigenvalue weighted by Gasteiger charge is 2.31. The Morgan fingerprint density at radius 1 is 0.582 bits per heavy atom. The maximum Gasteiger partial charge on any atom is 0.409 e. The van der Waals surface area contributed by atoms with Crippen molar-refractivity contribution in [3.05, 3.63) is 119 Å². The second-order valence-corrected chi connectivity index (χ2v) is 15.2. The first-order valence-corrected chi connectivity index (χ1v) is 19.5. The molecule has 0 unspecified atom stereocenters. The molecule has 0 atom stereocenters. The van der Waals surface area contributed by atoms with E-state index in [2.05, 4.69) is 53.8 Å². The SMILES string of the molecule is CC(C)(C)OC(=O)NCCCN(CCCCN(CCCN)C(=O)OCC1c2ccccc2-c2ccccc21)C(=O)OCC1c2ccccc2-c2ccccc21. The fourth-order valence-electron chi connectivity index (χ4n) is 7.62. The quantitative estimate of drug-likeness (QED) is 0.0871. The molecule has 0 bridgehead atoms. The van der Waals surface area contributed by atoms with Gasteiger partial charge >= 0.3 is 18.3 Å². The summed E-state index contributed by atoms with van der Waals surface area (Å²) in [5.41, 5.74) is 14.6. The maximum absolute atomic E-state index is 13.7. The smallest absolute Gasteiger partial charge is 0.409 e. The fraction of sp³-hybridized carbons (Fsp3) is 0.400. The number of benzene rings is 4. The van der Waals surface area contributed by atoms with Crippen LogP contribution in [0.2, 0.25) is 0 Å². The molecular formula is C45H54N4O6. The van der Waals surface area contributed by atoms with Crippen molar-refractivity contribution in [3.8, 4) is 22.3 Å². The van der Waals surface area contributed by atoms with Crippen molar-refractivity contribution in [3.63, 3.8) is 0 Å². The summed E-state index contributed by atoms with van der Waals surface area (Å²) in [6.45, 7) is 8.48. The van der Waals surface area contributed by atoms with Crippen LogP contribution in [0.25, 0.3) is 22.3 Å².